The Hall–Kier alpha value is -4.50. The number of carbonyl (C=O) groups is 1. The van der Waals surface area contributed by atoms with Crippen LogP contribution in [0.25, 0.3) is 0 Å². The maximum Gasteiger partial charge on any atom is 0.230 e. The third-order valence-corrected chi connectivity index (χ3v) is 5.96. The predicted octanol–water partition coefficient (Wildman–Crippen LogP) is 0.632. The monoisotopic (exact) mass is 524 g/mol. The van der Waals surface area contributed by atoms with Gasteiger partial charge in [0, 0.05) is 16.5 Å². The lowest BCUT2D eigenvalue weighted by Crippen LogP contribution is -2.20. The second-order valence-electron chi connectivity index (χ2n) is 7.62. The quantitative estimate of drug-likeness (QED) is 0.104. The van der Waals surface area contributed by atoms with Gasteiger partial charge in [-0.2, -0.15) is 0 Å². The second kappa shape index (κ2) is 10.4. The standard InChI is InChI=1S/C21H24N4O10S/c22-21-24-7(6-36-21)5-10(26)25-11-16(31)12(27)8(13(28)17(11)32)1-3-23-4-2-9-14(29)18(33)20(35)19(34)15(9)30/h6,23,27-35H,1-5H2,(H2,22,24)(H,25,26). The van der Waals surface area contributed by atoms with E-state index in [2.05, 4.69) is 15.6 Å². The van der Waals surface area contributed by atoms with Crippen molar-refractivity contribution in [3.8, 4) is 51.7 Å². The number of anilines is 2. The van der Waals surface area contributed by atoms with Crippen LogP contribution in [-0.2, 0) is 24.1 Å². The molecule has 14 nitrogen and oxygen atoms in total. The van der Waals surface area contributed by atoms with E-state index < -0.39 is 63.3 Å². The molecule has 0 bridgehead atoms. The van der Waals surface area contributed by atoms with Crippen molar-refractivity contribution in [1.82, 2.24) is 10.3 Å². The molecule has 0 saturated heterocycles. The lowest BCUT2D eigenvalue weighted by Gasteiger charge is -2.16. The highest BCUT2D eigenvalue weighted by Gasteiger charge is 2.25. The summed E-state index contributed by atoms with van der Waals surface area (Å²) in [5, 5.41) is 96.3. The Labute approximate surface area is 206 Å². The van der Waals surface area contributed by atoms with Gasteiger partial charge in [-0.3, -0.25) is 4.79 Å². The molecule has 3 rings (SSSR count). The van der Waals surface area contributed by atoms with Gasteiger partial charge in [0.2, 0.25) is 23.2 Å². The summed E-state index contributed by atoms with van der Waals surface area (Å²) >= 11 is 1.12. The number of phenolic OH excluding ortho intramolecular Hbond substituents is 9. The lowest BCUT2D eigenvalue weighted by atomic mass is 10.0. The molecular weight excluding hydrogens is 500 g/mol. The summed E-state index contributed by atoms with van der Waals surface area (Å²) in [6.45, 7) is 0.105. The van der Waals surface area contributed by atoms with E-state index in [-0.39, 0.29) is 48.6 Å². The number of rotatable bonds is 9. The first-order valence-corrected chi connectivity index (χ1v) is 11.2. The molecule has 36 heavy (non-hydrogen) atoms. The number of nitrogens with one attached hydrogen (secondary N) is 2. The number of hydrogen-bond donors (Lipinski definition) is 12. The van der Waals surface area contributed by atoms with Crippen LogP contribution < -0.4 is 16.4 Å². The first-order chi connectivity index (χ1) is 16.9. The van der Waals surface area contributed by atoms with Crippen molar-refractivity contribution in [2.24, 2.45) is 0 Å². The number of aromatic nitrogens is 1. The largest absolute Gasteiger partial charge is 0.504 e. The van der Waals surface area contributed by atoms with Crippen LogP contribution in [0.2, 0.25) is 0 Å². The Balaban J connectivity index is 1.64. The molecule has 15 heteroatoms. The van der Waals surface area contributed by atoms with Gasteiger partial charge in [-0.05, 0) is 25.9 Å². The van der Waals surface area contributed by atoms with Gasteiger partial charge in [0.25, 0.3) is 0 Å². The molecule has 0 fully saturated rings. The van der Waals surface area contributed by atoms with E-state index in [0.29, 0.717) is 5.69 Å². The number of nitrogens with two attached hydrogens (primary N) is 1. The van der Waals surface area contributed by atoms with Crippen molar-refractivity contribution in [3.05, 3.63) is 22.2 Å². The summed E-state index contributed by atoms with van der Waals surface area (Å²) in [5.74, 6) is -8.67. The normalized spacial score (nSPS) is 11.0. The van der Waals surface area contributed by atoms with Gasteiger partial charge in [0.1, 0.15) is 5.69 Å². The molecule has 13 N–H and O–H groups in total. The molecule has 1 amide bonds. The zero-order valence-corrected chi connectivity index (χ0v) is 19.3. The highest BCUT2D eigenvalue weighted by Crippen LogP contribution is 2.51. The zero-order chi connectivity index (χ0) is 26.7. The van der Waals surface area contributed by atoms with E-state index in [9.17, 15) is 50.8 Å². The molecule has 0 radical (unpaired) electrons. The van der Waals surface area contributed by atoms with Crippen molar-refractivity contribution in [2.45, 2.75) is 19.3 Å². The molecule has 3 aromatic rings. The fraction of sp³-hybridized carbons (Fsp3) is 0.238. The Morgan fingerprint density at radius 1 is 0.750 bits per heavy atom. The minimum absolute atomic E-state index is 0.0501. The van der Waals surface area contributed by atoms with Crippen molar-refractivity contribution in [2.75, 3.05) is 24.1 Å². The fourth-order valence-corrected chi connectivity index (χ4v) is 3.94. The number of carbonyl (C=O) groups excluding carboxylic acids is 1. The van der Waals surface area contributed by atoms with E-state index in [0.717, 1.165) is 11.3 Å². The Bertz CT molecular complexity index is 1250. The van der Waals surface area contributed by atoms with E-state index in [1.165, 1.54) is 0 Å². The molecule has 2 aromatic carbocycles. The molecular formula is C21H24N4O10S. The number of amides is 1. The maximum atomic E-state index is 12.2. The van der Waals surface area contributed by atoms with Crippen LogP contribution in [-0.4, -0.2) is 69.9 Å². The van der Waals surface area contributed by atoms with E-state index in [4.69, 9.17) is 5.73 Å². The van der Waals surface area contributed by atoms with Crippen LogP contribution in [0.5, 0.6) is 51.7 Å². The fourth-order valence-electron chi connectivity index (χ4n) is 3.38. The van der Waals surface area contributed by atoms with Crippen LogP contribution >= 0.6 is 11.3 Å². The molecule has 0 spiro atoms. The topological polar surface area (TPSA) is 262 Å². The highest BCUT2D eigenvalue weighted by atomic mass is 32.1. The van der Waals surface area contributed by atoms with Crippen molar-refractivity contribution in [3.63, 3.8) is 0 Å². The molecule has 1 heterocycles. The molecule has 0 aliphatic carbocycles. The van der Waals surface area contributed by atoms with Crippen LogP contribution in [0.3, 0.4) is 0 Å². The average Bonchev–Trinajstić information content (AvgIpc) is 3.25. The van der Waals surface area contributed by atoms with Gasteiger partial charge in [0.05, 0.1) is 12.1 Å². The maximum absolute atomic E-state index is 12.2. The van der Waals surface area contributed by atoms with Crippen LogP contribution in [0.1, 0.15) is 16.8 Å². The average molecular weight is 525 g/mol. The lowest BCUT2D eigenvalue weighted by molar-refractivity contribution is -0.115. The number of thiazole rings is 1. The summed E-state index contributed by atoms with van der Waals surface area (Å²) in [7, 11) is 0. The number of nitrogen functional groups attached to an aromatic ring is 1. The summed E-state index contributed by atoms with van der Waals surface area (Å²) in [6, 6.07) is 0. The van der Waals surface area contributed by atoms with Gasteiger partial charge in [-0.15, -0.1) is 11.3 Å². The van der Waals surface area contributed by atoms with E-state index >= 15 is 0 Å². The Kier molecular flexibility index (Phi) is 7.55. The summed E-state index contributed by atoms with van der Waals surface area (Å²) < 4.78 is 0. The molecule has 0 unspecified atom stereocenters. The number of aromatic hydroxyl groups is 9. The molecule has 0 aliphatic heterocycles. The first-order valence-electron chi connectivity index (χ1n) is 10.3. The van der Waals surface area contributed by atoms with Crippen molar-refractivity contribution >= 4 is 28.1 Å². The Morgan fingerprint density at radius 2 is 1.19 bits per heavy atom. The van der Waals surface area contributed by atoms with Crippen LogP contribution in [0.4, 0.5) is 10.8 Å². The SMILES string of the molecule is Nc1nc(CC(=O)Nc2c(O)c(O)c(CCNCCc3c(O)c(O)c(O)c(O)c3O)c(O)c2O)cs1. The molecule has 0 aliphatic rings. The Morgan fingerprint density at radius 3 is 1.64 bits per heavy atom. The number of nitrogens with zero attached hydrogens (tertiary/aromatic N) is 1. The van der Waals surface area contributed by atoms with E-state index in [1.807, 2.05) is 0 Å². The third kappa shape index (κ3) is 5.11. The second-order valence-corrected chi connectivity index (χ2v) is 8.51. The minimum Gasteiger partial charge on any atom is -0.504 e. The van der Waals surface area contributed by atoms with E-state index in [1.54, 1.807) is 5.38 Å². The van der Waals surface area contributed by atoms with Crippen molar-refractivity contribution < 1.29 is 50.8 Å². The van der Waals surface area contributed by atoms with Gasteiger partial charge in [0.15, 0.2) is 39.6 Å². The minimum atomic E-state index is -1.07. The van der Waals surface area contributed by atoms with Gasteiger partial charge < -0.3 is 62.3 Å². The number of hydrogen-bond acceptors (Lipinski definition) is 14. The van der Waals surface area contributed by atoms with Gasteiger partial charge in [-0.25, -0.2) is 4.98 Å². The summed E-state index contributed by atoms with van der Waals surface area (Å²) in [5.41, 5.74) is 4.80. The predicted molar refractivity (Wildman–Crippen MR) is 127 cm³/mol. The van der Waals surface area contributed by atoms with Crippen LogP contribution in [0, 0.1) is 0 Å². The first kappa shape index (κ1) is 26.1. The number of benzene rings is 2. The van der Waals surface area contributed by atoms with Crippen LogP contribution in [0.15, 0.2) is 5.38 Å². The smallest absolute Gasteiger partial charge is 0.230 e. The highest BCUT2D eigenvalue weighted by molar-refractivity contribution is 7.13. The molecule has 1 aromatic heterocycles. The molecule has 0 atom stereocenters. The van der Waals surface area contributed by atoms with Gasteiger partial charge in [-0.1, -0.05) is 0 Å². The molecule has 194 valence electrons. The number of phenols is 9. The molecule has 0 saturated carbocycles. The van der Waals surface area contributed by atoms with Gasteiger partial charge >= 0.3 is 0 Å². The van der Waals surface area contributed by atoms with Crippen molar-refractivity contribution in [1.29, 1.82) is 0 Å². The third-order valence-electron chi connectivity index (χ3n) is 5.24. The summed E-state index contributed by atoms with van der Waals surface area (Å²) in [4.78, 5) is 16.1. The summed E-state index contributed by atoms with van der Waals surface area (Å²) in [6.07, 6.45) is -0.459. The zero-order valence-electron chi connectivity index (χ0n) is 18.5.